The Labute approximate surface area is 469 Å². The molecule has 0 heterocycles. The summed E-state index contributed by atoms with van der Waals surface area (Å²) in [4.78, 5) is 23.3. The summed E-state index contributed by atoms with van der Waals surface area (Å²) >= 11 is 0. The van der Waals surface area contributed by atoms with Crippen LogP contribution in [0.25, 0.3) is 0 Å². The lowest BCUT2D eigenvalue weighted by Gasteiger charge is -2.25. The molecule has 0 fully saturated rings. The molecule has 0 saturated heterocycles. The molecule has 1 amide bonds. The fraction of sp³-hybridized carbons (Fsp3) is 0.955. The zero-order chi connectivity index (χ0) is 54.9. The molecule has 0 spiro atoms. The lowest BCUT2D eigenvalue weighted by molar-refractivity contribution is -0.870. The van der Waals surface area contributed by atoms with Crippen molar-refractivity contribution in [2.75, 3.05) is 40.9 Å². The van der Waals surface area contributed by atoms with Gasteiger partial charge in [-0.3, -0.25) is 13.8 Å². The highest BCUT2D eigenvalue weighted by Crippen LogP contribution is 2.43. The minimum absolute atomic E-state index is 0.0651. The van der Waals surface area contributed by atoms with Gasteiger partial charge in [-0.15, -0.1) is 0 Å². The summed E-state index contributed by atoms with van der Waals surface area (Å²) in [7, 11) is 1.59. The average Bonchev–Trinajstić information content (AvgIpc) is 3.37. The van der Waals surface area contributed by atoms with E-state index in [9.17, 15) is 19.4 Å². The predicted molar refractivity (Wildman–Crippen MR) is 328 cm³/mol. The number of hydrogen-bond donors (Lipinski definition) is 3. The Hall–Kier alpha value is -0.760. The Morgan fingerprint density at radius 1 is 0.440 bits per heavy atom. The largest absolute Gasteiger partial charge is 0.472 e. The van der Waals surface area contributed by atoms with Gasteiger partial charge in [0.15, 0.2) is 0 Å². The number of phosphoric acid groups is 1. The third kappa shape index (κ3) is 60.7. The van der Waals surface area contributed by atoms with Crippen molar-refractivity contribution in [2.24, 2.45) is 0 Å². The van der Waals surface area contributed by atoms with Crippen LogP contribution in [0.15, 0.2) is 12.2 Å². The number of aliphatic hydroxyl groups is 1. The highest BCUT2D eigenvalue weighted by atomic mass is 31.2. The summed E-state index contributed by atoms with van der Waals surface area (Å²) in [5, 5.41) is 13.9. The number of quaternary nitrogens is 1. The number of rotatable bonds is 63. The van der Waals surface area contributed by atoms with Crippen LogP contribution in [0, 0.1) is 0 Å². The highest BCUT2D eigenvalue weighted by Gasteiger charge is 2.28. The van der Waals surface area contributed by atoms with Crippen LogP contribution in [0.2, 0.25) is 0 Å². The first-order valence-electron chi connectivity index (χ1n) is 33.6. The summed E-state index contributed by atoms with van der Waals surface area (Å²) in [6.07, 6.45) is 73.7. The van der Waals surface area contributed by atoms with Crippen LogP contribution >= 0.6 is 7.82 Å². The maximum atomic E-state index is 13.0. The number of aliphatic hydroxyl groups excluding tert-OH is 1. The fourth-order valence-corrected chi connectivity index (χ4v) is 11.3. The first kappa shape index (κ1) is 74.2. The van der Waals surface area contributed by atoms with Gasteiger partial charge >= 0.3 is 7.82 Å². The first-order valence-corrected chi connectivity index (χ1v) is 35.1. The summed E-state index contributed by atoms with van der Waals surface area (Å²) in [6, 6.07) is -0.842. The maximum Gasteiger partial charge on any atom is 0.472 e. The average molecular weight is 1080 g/mol. The molecule has 3 atom stereocenters. The van der Waals surface area contributed by atoms with Crippen LogP contribution in [0.4, 0.5) is 0 Å². The molecule has 448 valence electrons. The number of unbranched alkanes of at least 4 members (excludes halogenated alkanes) is 50. The second-order valence-electron chi connectivity index (χ2n) is 24.6. The number of carbonyl (C=O) groups excluding carboxylic acids is 1. The smallest absolute Gasteiger partial charge is 0.387 e. The van der Waals surface area contributed by atoms with Crippen molar-refractivity contribution in [1.82, 2.24) is 5.32 Å². The standard InChI is InChI=1S/C66H133N2O6P/c1-6-8-10-12-14-16-18-20-22-23-24-25-26-27-28-29-30-31-32-33-34-35-36-37-38-39-40-41-42-43-44-45-46-48-50-52-54-56-58-60-66(70)67-64(63-74-75(71,72)73-62-61-68(3,4)5)65(69)59-57-55-53-51-49-47-21-19-17-15-13-11-9-7-2/h57,59,64-65,69H,6-56,58,60-63H2,1-5H3,(H-,67,70,71,72)/p+1/b59-57+. The van der Waals surface area contributed by atoms with Gasteiger partial charge in [0, 0.05) is 6.42 Å². The van der Waals surface area contributed by atoms with E-state index in [0.717, 1.165) is 32.1 Å². The zero-order valence-corrected chi connectivity index (χ0v) is 52.2. The summed E-state index contributed by atoms with van der Waals surface area (Å²) in [6.45, 7) is 4.86. The molecule has 0 radical (unpaired) electrons. The van der Waals surface area contributed by atoms with Gasteiger partial charge in [-0.25, -0.2) is 4.57 Å². The van der Waals surface area contributed by atoms with Crippen molar-refractivity contribution < 1.29 is 32.9 Å². The zero-order valence-electron chi connectivity index (χ0n) is 51.3. The van der Waals surface area contributed by atoms with Crippen molar-refractivity contribution in [1.29, 1.82) is 0 Å². The second kappa shape index (κ2) is 57.9. The molecule has 9 heteroatoms. The van der Waals surface area contributed by atoms with E-state index in [2.05, 4.69) is 19.2 Å². The van der Waals surface area contributed by atoms with Crippen LogP contribution in [-0.4, -0.2) is 73.4 Å². The molecule has 3 unspecified atom stereocenters. The highest BCUT2D eigenvalue weighted by molar-refractivity contribution is 7.47. The van der Waals surface area contributed by atoms with E-state index in [1.54, 1.807) is 6.08 Å². The van der Waals surface area contributed by atoms with Gasteiger partial charge in [-0.05, 0) is 19.3 Å². The van der Waals surface area contributed by atoms with Crippen molar-refractivity contribution >= 4 is 13.7 Å². The van der Waals surface area contributed by atoms with Crippen molar-refractivity contribution in [3.05, 3.63) is 12.2 Å². The molecule has 0 aromatic carbocycles. The fourth-order valence-electron chi connectivity index (χ4n) is 10.5. The first-order chi connectivity index (χ1) is 36.5. The normalized spacial score (nSPS) is 13.7. The molecule has 0 aliphatic carbocycles. The number of carbonyl (C=O) groups is 1. The van der Waals surface area contributed by atoms with Crippen molar-refractivity contribution in [3.63, 3.8) is 0 Å². The number of allylic oxidation sites excluding steroid dienone is 1. The third-order valence-corrected chi connectivity index (χ3v) is 16.7. The van der Waals surface area contributed by atoms with Gasteiger partial charge in [0.2, 0.25) is 5.91 Å². The van der Waals surface area contributed by atoms with Crippen LogP contribution in [0.3, 0.4) is 0 Å². The quantitative estimate of drug-likeness (QED) is 0.0243. The van der Waals surface area contributed by atoms with Crippen LogP contribution in [0.5, 0.6) is 0 Å². The van der Waals surface area contributed by atoms with Gasteiger partial charge in [0.25, 0.3) is 0 Å². The van der Waals surface area contributed by atoms with E-state index in [-0.39, 0.29) is 19.1 Å². The van der Waals surface area contributed by atoms with E-state index in [4.69, 9.17) is 9.05 Å². The van der Waals surface area contributed by atoms with E-state index < -0.39 is 20.0 Å². The summed E-state index contributed by atoms with van der Waals surface area (Å²) in [5.74, 6) is -0.169. The van der Waals surface area contributed by atoms with E-state index in [1.807, 2.05) is 27.2 Å². The molecule has 0 bridgehead atoms. The van der Waals surface area contributed by atoms with Gasteiger partial charge in [0.05, 0.1) is 39.9 Å². The summed E-state index contributed by atoms with van der Waals surface area (Å²) in [5.41, 5.74) is 0. The van der Waals surface area contributed by atoms with Gasteiger partial charge in [-0.1, -0.05) is 341 Å². The molecule has 3 N–H and O–H groups in total. The Kier molecular flexibility index (Phi) is 57.3. The van der Waals surface area contributed by atoms with Crippen LogP contribution < -0.4 is 5.32 Å². The van der Waals surface area contributed by atoms with Crippen molar-refractivity contribution in [2.45, 2.75) is 366 Å². The number of nitrogens with one attached hydrogen (secondary N) is 1. The maximum absolute atomic E-state index is 13.0. The third-order valence-electron chi connectivity index (χ3n) is 15.8. The molecule has 0 aliphatic rings. The van der Waals surface area contributed by atoms with Crippen molar-refractivity contribution in [3.8, 4) is 0 Å². The topological polar surface area (TPSA) is 105 Å². The molecule has 8 nitrogen and oxygen atoms in total. The molecule has 75 heavy (non-hydrogen) atoms. The number of hydrogen-bond acceptors (Lipinski definition) is 5. The van der Waals surface area contributed by atoms with E-state index >= 15 is 0 Å². The summed E-state index contributed by atoms with van der Waals surface area (Å²) < 4.78 is 23.7. The number of amides is 1. The molecular weight excluding hydrogens is 948 g/mol. The lowest BCUT2D eigenvalue weighted by atomic mass is 10.0. The van der Waals surface area contributed by atoms with E-state index in [0.29, 0.717) is 17.4 Å². The molecule has 0 saturated carbocycles. The molecular formula is C66H134N2O6P+. The van der Waals surface area contributed by atoms with Crippen LogP contribution in [0.1, 0.15) is 354 Å². The SMILES string of the molecule is CCCCCCCCCCCCCC/C=C/C(O)C(COP(=O)(O)OCC[N+](C)(C)C)NC(=O)CCCCCCCCCCCCCCCCCCCCCCCCCCCCCCCCCCCCCCCCC. The van der Waals surface area contributed by atoms with Gasteiger partial charge < -0.3 is 19.8 Å². The Morgan fingerprint density at radius 2 is 0.707 bits per heavy atom. The Balaban J connectivity index is 3.83. The minimum atomic E-state index is -4.34. The number of phosphoric ester groups is 1. The minimum Gasteiger partial charge on any atom is -0.387 e. The molecule has 0 aromatic heterocycles. The van der Waals surface area contributed by atoms with Gasteiger partial charge in [0.1, 0.15) is 13.2 Å². The Bertz CT molecular complexity index is 1230. The molecule has 0 rings (SSSR count). The monoisotopic (exact) mass is 1080 g/mol. The van der Waals surface area contributed by atoms with E-state index in [1.165, 1.54) is 302 Å². The van der Waals surface area contributed by atoms with Crippen LogP contribution in [-0.2, 0) is 18.4 Å². The predicted octanol–water partition coefficient (Wildman–Crippen LogP) is 20.9. The second-order valence-corrected chi connectivity index (χ2v) is 26.0. The van der Waals surface area contributed by atoms with Gasteiger partial charge in [-0.2, -0.15) is 0 Å². The lowest BCUT2D eigenvalue weighted by Crippen LogP contribution is -2.45. The Morgan fingerprint density at radius 3 is 0.987 bits per heavy atom. The number of nitrogens with zero attached hydrogens (tertiary/aromatic N) is 1. The number of likely N-dealkylation sites (N-methyl/N-ethyl adjacent to an activating group) is 1. The molecule has 0 aliphatic heterocycles. The molecule has 0 aromatic rings.